The number of benzene rings is 1. The first-order chi connectivity index (χ1) is 7.83. The van der Waals surface area contributed by atoms with Crippen LogP contribution < -0.4 is 10.6 Å². The zero-order chi connectivity index (χ0) is 11.0. The lowest BCUT2D eigenvalue weighted by atomic mass is 10.1. The van der Waals surface area contributed by atoms with E-state index in [1.54, 1.807) is 0 Å². The maximum absolute atomic E-state index is 11.5. The average Bonchev–Trinajstić information content (AvgIpc) is 2.90. The number of anilines is 1. The van der Waals surface area contributed by atoms with Crippen LogP contribution in [0.15, 0.2) is 18.2 Å². The van der Waals surface area contributed by atoms with E-state index in [1.807, 2.05) is 23.9 Å². The first kappa shape index (κ1) is 10.0. The molecule has 1 aromatic carbocycles. The van der Waals surface area contributed by atoms with Gasteiger partial charge in [-0.3, -0.25) is 4.79 Å². The molecule has 84 valence electrons. The van der Waals surface area contributed by atoms with E-state index in [9.17, 15) is 4.79 Å². The molecule has 16 heavy (non-hydrogen) atoms. The summed E-state index contributed by atoms with van der Waals surface area (Å²) >= 11 is 1.99. The molecule has 0 aliphatic carbocycles. The summed E-state index contributed by atoms with van der Waals surface area (Å²) in [4.78, 5) is 11.5. The Kier molecular flexibility index (Phi) is 2.52. The Balaban J connectivity index is 1.80. The molecule has 2 aliphatic rings. The number of hydrogen-bond acceptors (Lipinski definition) is 3. The van der Waals surface area contributed by atoms with Crippen molar-refractivity contribution in [3.05, 3.63) is 29.3 Å². The molecule has 2 N–H and O–H groups in total. The standard InChI is InChI=1S/C12H14N2OS/c15-12-11-5-9(2-1-8(11)6-13-12)14-10-3-4-16-7-10/h1-2,5,10,14H,3-4,6-7H2,(H,13,15). The molecule has 1 fully saturated rings. The maximum atomic E-state index is 11.5. The van der Waals surface area contributed by atoms with Gasteiger partial charge in [0.15, 0.2) is 0 Å². The van der Waals surface area contributed by atoms with Crippen LogP contribution in [0.3, 0.4) is 0 Å². The van der Waals surface area contributed by atoms with Gasteiger partial charge in [0.1, 0.15) is 0 Å². The molecule has 0 spiro atoms. The lowest BCUT2D eigenvalue weighted by Gasteiger charge is -2.13. The van der Waals surface area contributed by atoms with Crippen molar-refractivity contribution in [1.82, 2.24) is 5.32 Å². The highest BCUT2D eigenvalue weighted by Gasteiger charge is 2.20. The molecule has 4 heteroatoms. The van der Waals surface area contributed by atoms with Crippen LogP contribution in [0.4, 0.5) is 5.69 Å². The smallest absolute Gasteiger partial charge is 0.251 e. The van der Waals surface area contributed by atoms with E-state index in [-0.39, 0.29) is 5.91 Å². The van der Waals surface area contributed by atoms with Gasteiger partial charge >= 0.3 is 0 Å². The molecule has 0 saturated carbocycles. The van der Waals surface area contributed by atoms with Gasteiger partial charge in [-0.25, -0.2) is 0 Å². The van der Waals surface area contributed by atoms with Gasteiger partial charge < -0.3 is 10.6 Å². The molecule has 0 aromatic heterocycles. The first-order valence-electron chi connectivity index (χ1n) is 5.58. The quantitative estimate of drug-likeness (QED) is 0.820. The minimum Gasteiger partial charge on any atom is -0.381 e. The summed E-state index contributed by atoms with van der Waals surface area (Å²) < 4.78 is 0. The fourth-order valence-electron chi connectivity index (χ4n) is 2.19. The largest absolute Gasteiger partial charge is 0.381 e. The van der Waals surface area contributed by atoms with Crippen molar-refractivity contribution >= 4 is 23.4 Å². The lowest BCUT2D eigenvalue weighted by Crippen LogP contribution is -2.18. The van der Waals surface area contributed by atoms with Crippen molar-refractivity contribution in [2.75, 3.05) is 16.8 Å². The molecule has 1 aromatic rings. The Hall–Kier alpha value is -1.16. The van der Waals surface area contributed by atoms with Crippen LogP contribution in [0.5, 0.6) is 0 Å². The SMILES string of the molecule is O=C1NCc2ccc(NC3CCSC3)cc21. The zero-order valence-electron chi connectivity index (χ0n) is 8.95. The Bertz CT molecular complexity index is 427. The average molecular weight is 234 g/mol. The molecule has 0 bridgehead atoms. The number of thioether (sulfide) groups is 1. The van der Waals surface area contributed by atoms with E-state index in [0.29, 0.717) is 12.6 Å². The Morgan fingerprint density at radius 2 is 2.38 bits per heavy atom. The minimum atomic E-state index is 0.0550. The summed E-state index contributed by atoms with van der Waals surface area (Å²) in [5.41, 5.74) is 3.01. The zero-order valence-corrected chi connectivity index (χ0v) is 9.77. The summed E-state index contributed by atoms with van der Waals surface area (Å²) in [6.07, 6.45) is 1.22. The summed E-state index contributed by atoms with van der Waals surface area (Å²) in [6.45, 7) is 0.674. The Morgan fingerprint density at radius 1 is 1.44 bits per heavy atom. The van der Waals surface area contributed by atoms with Gasteiger partial charge in [-0.1, -0.05) is 6.07 Å². The van der Waals surface area contributed by atoms with Gasteiger partial charge in [-0.15, -0.1) is 0 Å². The molecular formula is C12H14N2OS. The Labute approximate surface area is 99.0 Å². The second-order valence-electron chi connectivity index (χ2n) is 4.26. The predicted molar refractivity (Wildman–Crippen MR) is 67.0 cm³/mol. The highest BCUT2D eigenvalue weighted by Crippen LogP contribution is 2.24. The maximum Gasteiger partial charge on any atom is 0.251 e. The van der Waals surface area contributed by atoms with E-state index >= 15 is 0 Å². The van der Waals surface area contributed by atoms with Crippen LogP contribution in [0.1, 0.15) is 22.3 Å². The van der Waals surface area contributed by atoms with Crippen molar-refractivity contribution in [3.8, 4) is 0 Å². The second-order valence-corrected chi connectivity index (χ2v) is 5.41. The molecule has 3 nitrogen and oxygen atoms in total. The van der Waals surface area contributed by atoms with Gasteiger partial charge in [0.25, 0.3) is 5.91 Å². The summed E-state index contributed by atoms with van der Waals surface area (Å²) in [7, 11) is 0. The van der Waals surface area contributed by atoms with E-state index < -0.39 is 0 Å². The van der Waals surface area contributed by atoms with Crippen molar-refractivity contribution in [2.45, 2.75) is 19.0 Å². The minimum absolute atomic E-state index is 0.0550. The van der Waals surface area contributed by atoms with Crippen LogP contribution in [0, 0.1) is 0 Å². The lowest BCUT2D eigenvalue weighted by molar-refractivity contribution is 0.0966. The van der Waals surface area contributed by atoms with Crippen LogP contribution in [0.25, 0.3) is 0 Å². The van der Waals surface area contributed by atoms with Crippen molar-refractivity contribution in [2.24, 2.45) is 0 Å². The number of nitrogens with one attached hydrogen (secondary N) is 2. The number of rotatable bonds is 2. The summed E-state index contributed by atoms with van der Waals surface area (Å²) in [5.74, 6) is 2.46. The monoisotopic (exact) mass is 234 g/mol. The summed E-state index contributed by atoms with van der Waals surface area (Å²) in [6, 6.07) is 6.65. The van der Waals surface area contributed by atoms with Gasteiger partial charge in [0.2, 0.25) is 0 Å². The Morgan fingerprint density at radius 3 is 3.19 bits per heavy atom. The molecule has 0 radical (unpaired) electrons. The van der Waals surface area contributed by atoms with Gasteiger partial charge in [0, 0.05) is 29.6 Å². The normalized spacial score (nSPS) is 23.0. The topological polar surface area (TPSA) is 41.1 Å². The molecule has 1 unspecified atom stereocenters. The number of amides is 1. The molecule has 1 saturated heterocycles. The third-order valence-electron chi connectivity index (χ3n) is 3.09. The number of carbonyl (C=O) groups excluding carboxylic acids is 1. The van der Waals surface area contributed by atoms with Crippen molar-refractivity contribution in [1.29, 1.82) is 0 Å². The third-order valence-corrected chi connectivity index (χ3v) is 4.26. The predicted octanol–water partition coefficient (Wildman–Crippen LogP) is 1.85. The number of hydrogen-bond donors (Lipinski definition) is 2. The van der Waals surface area contributed by atoms with Crippen molar-refractivity contribution in [3.63, 3.8) is 0 Å². The van der Waals surface area contributed by atoms with Crippen molar-refractivity contribution < 1.29 is 4.79 Å². The highest BCUT2D eigenvalue weighted by atomic mass is 32.2. The fraction of sp³-hybridized carbons (Fsp3) is 0.417. The molecule has 1 atom stereocenters. The van der Waals surface area contributed by atoms with Gasteiger partial charge in [-0.2, -0.15) is 11.8 Å². The first-order valence-corrected chi connectivity index (χ1v) is 6.74. The highest BCUT2D eigenvalue weighted by molar-refractivity contribution is 7.99. The number of fused-ring (bicyclic) bond motifs is 1. The van der Waals surface area contributed by atoms with Crippen LogP contribution in [0.2, 0.25) is 0 Å². The van der Waals surface area contributed by atoms with E-state index in [2.05, 4.69) is 16.7 Å². The second kappa shape index (κ2) is 4.01. The van der Waals surface area contributed by atoms with E-state index in [1.165, 1.54) is 17.9 Å². The van der Waals surface area contributed by atoms with Crippen LogP contribution >= 0.6 is 11.8 Å². The molecule has 1 amide bonds. The van der Waals surface area contributed by atoms with E-state index in [0.717, 1.165) is 16.8 Å². The van der Waals surface area contributed by atoms with Gasteiger partial charge in [0.05, 0.1) is 0 Å². The third kappa shape index (κ3) is 1.78. The van der Waals surface area contributed by atoms with Crippen LogP contribution in [-0.2, 0) is 6.54 Å². The fourth-order valence-corrected chi connectivity index (χ4v) is 3.34. The summed E-state index contributed by atoms with van der Waals surface area (Å²) in [5, 5.41) is 6.33. The molecular weight excluding hydrogens is 220 g/mol. The van der Waals surface area contributed by atoms with Gasteiger partial charge in [-0.05, 0) is 29.9 Å². The molecule has 2 heterocycles. The molecule has 3 rings (SSSR count). The molecule has 2 aliphatic heterocycles. The number of carbonyl (C=O) groups is 1. The van der Waals surface area contributed by atoms with E-state index in [4.69, 9.17) is 0 Å². The van der Waals surface area contributed by atoms with Crippen LogP contribution in [-0.4, -0.2) is 23.5 Å².